The predicted octanol–water partition coefficient (Wildman–Crippen LogP) is 1.63. The SMILES string of the molecule is O=C(O)C(c1ccncc1)c1ccc[nH]1. The number of carbonyl (C=O) groups is 1. The van der Waals surface area contributed by atoms with E-state index in [0.29, 0.717) is 5.69 Å². The summed E-state index contributed by atoms with van der Waals surface area (Å²) >= 11 is 0. The van der Waals surface area contributed by atoms with E-state index in [1.807, 2.05) is 0 Å². The van der Waals surface area contributed by atoms with Crippen LogP contribution in [0.4, 0.5) is 0 Å². The highest BCUT2D eigenvalue weighted by Crippen LogP contribution is 2.22. The lowest BCUT2D eigenvalue weighted by Crippen LogP contribution is -2.13. The molecule has 1 unspecified atom stereocenters. The van der Waals surface area contributed by atoms with Crippen LogP contribution in [0.2, 0.25) is 0 Å². The zero-order valence-corrected chi connectivity index (χ0v) is 7.92. The van der Waals surface area contributed by atoms with Crippen molar-refractivity contribution in [1.82, 2.24) is 9.97 Å². The number of H-pyrrole nitrogens is 1. The van der Waals surface area contributed by atoms with E-state index in [1.54, 1.807) is 42.9 Å². The molecule has 0 saturated carbocycles. The Bertz CT molecular complexity index is 437. The summed E-state index contributed by atoms with van der Waals surface area (Å²) in [5.74, 6) is -1.52. The van der Waals surface area contributed by atoms with Crippen molar-refractivity contribution >= 4 is 5.97 Å². The van der Waals surface area contributed by atoms with Crippen molar-refractivity contribution in [3.63, 3.8) is 0 Å². The molecule has 0 aromatic carbocycles. The third-order valence-electron chi connectivity index (χ3n) is 2.22. The molecule has 2 aromatic heterocycles. The highest BCUT2D eigenvalue weighted by molar-refractivity contribution is 5.79. The molecule has 15 heavy (non-hydrogen) atoms. The van der Waals surface area contributed by atoms with Crippen molar-refractivity contribution in [3.8, 4) is 0 Å². The Kier molecular flexibility index (Phi) is 2.49. The number of rotatable bonds is 3. The molecule has 2 aromatic rings. The van der Waals surface area contributed by atoms with Gasteiger partial charge in [-0.1, -0.05) is 0 Å². The van der Waals surface area contributed by atoms with Gasteiger partial charge in [0.25, 0.3) is 0 Å². The van der Waals surface area contributed by atoms with Gasteiger partial charge in [0, 0.05) is 24.3 Å². The summed E-state index contributed by atoms with van der Waals surface area (Å²) in [5, 5.41) is 9.16. The Morgan fingerprint density at radius 1 is 1.33 bits per heavy atom. The van der Waals surface area contributed by atoms with Gasteiger partial charge in [-0.05, 0) is 29.8 Å². The topological polar surface area (TPSA) is 66.0 Å². The Hall–Kier alpha value is -2.10. The first-order chi connectivity index (χ1) is 7.29. The Morgan fingerprint density at radius 3 is 2.60 bits per heavy atom. The average molecular weight is 202 g/mol. The number of nitrogens with one attached hydrogen (secondary N) is 1. The van der Waals surface area contributed by atoms with E-state index in [-0.39, 0.29) is 0 Å². The summed E-state index contributed by atoms with van der Waals surface area (Å²) in [6.07, 6.45) is 4.90. The molecule has 2 N–H and O–H groups in total. The van der Waals surface area contributed by atoms with Crippen LogP contribution in [0.15, 0.2) is 42.9 Å². The van der Waals surface area contributed by atoms with Crippen LogP contribution in [0.25, 0.3) is 0 Å². The molecule has 0 bridgehead atoms. The van der Waals surface area contributed by atoms with E-state index in [9.17, 15) is 4.79 Å². The largest absolute Gasteiger partial charge is 0.480 e. The minimum Gasteiger partial charge on any atom is -0.480 e. The van der Waals surface area contributed by atoms with Gasteiger partial charge in [-0.15, -0.1) is 0 Å². The molecular weight excluding hydrogens is 192 g/mol. The minimum absolute atomic E-state index is 0.650. The summed E-state index contributed by atoms with van der Waals surface area (Å²) in [4.78, 5) is 17.9. The molecule has 0 aliphatic carbocycles. The van der Waals surface area contributed by atoms with Gasteiger partial charge >= 0.3 is 5.97 Å². The number of hydrogen-bond donors (Lipinski definition) is 2. The van der Waals surface area contributed by atoms with Crippen molar-refractivity contribution in [2.24, 2.45) is 0 Å². The van der Waals surface area contributed by atoms with E-state index in [0.717, 1.165) is 5.56 Å². The van der Waals surface area contributed by atoms with Crippen LogP contribution in [0.5, 0.6) is 0 Å². The van der Waals surface area contributed by atoms with Crippen molar-refractivity contribution in [2.45, 2.75) is 5.92 Å². The molecule has 2 rings (SSSR count). The molecule has 0 amide bonds. The summed E-state index contributed by atoms with van der Waals surface area (Å²) < 4.78 is 0. The van der Waals surface area contributed by atoms with Gasteiger partial charge in [0.05, 0.1) is 0 Å². The van der Waals surface area contributed by atoms with Gasteiger partial charge in [0.1, 0.15) is 5.92 Å². The molecule has 4 nitrogen and oxygen atoms in total. The first kappa shape index (κ1) is 9.45. The second kappa shape index (κ2) is 3.96. The molecule has 0 aliphatic rings. The lowest BCUT2D eigenvalue weighted by Gasteiger charge is -2.10. The Morgan fingerprint density at radius 2 is 2.07 bits per heavy atom. The van der Waals surface area contributed by atoms with Gasteiger partial charge in [0.15, 0.2) is 0 Å². The number of carboxylic acid groups (broad SMARTS) is 1. The Labute approximate surface area is 86.6 Å². The normalized spacial score (nSPS) is 12.3. The number of nitrogens with zero attached hydrogens (tertiary/aromatic N) is 1. The van der Waals surface area contributed by atoms with Gasteiger partial charge in [-0.2, -0.15) is 0 Å². The minimum atomic E-state index is -0.872. The second-order valence-corrected chi connectivity index (χ2v) is 3.18. The quantitative estimate of drug-likeness (QED) is 0.794. The lowest BCUT2D eigenvalue weighted by molar-refractivity contribution is -0.137. The predicted molar refractivity (Wildman–Crippen MR) is 54.5 cm³/mol. The molecule has 0 radical (unpaired) electrons. The van der Waals surface area contributed by atoms with E-state index in [2.05, 4.69) is 9.97 Å². The van der Waals surface area contributed by atoms with Crippen LogP contribution in [0, 0.1) is 0 Å². The van der Waals surface area contributed by atoms with E-state index in [1.165, 1.54) is 0 Å². The Balaban J connectivity index is 2.42. The average Bonchev–Trinajstić information content (AvgIpc) is 2.72. The summed E-state index contributed by atoms with van der Waals surface area (Å²) in [6.45, 7) is 0. The number of pyridine rings is 1. The number of aliphatic carboxylic acids is 1. The van der Waals surface area contributed by atoms with Crippen LogP contribution in [-0.2, 0) is 4.79 Å². The summed E-state index contributed by atoms with van der Waals surface area (Å²) in [5.41, 5.74) is 1.40. The van der Waals surface area contributed by atoms with E-state index in [4.69, 9.17) is 5.11 Å². The number of carboxylic acids is 1. The molecule has 2 heterocycles. The van der Waals surface area contributed by atoms with Crippen LogP contribution in [0.1, 0.15) is 17.2 Å². The highest BCUT2D eigenvalue weighted by Gasteiger charge is 2.22. The van der Waals surface area contributed by atoms with Crippen molar-refractivity contribution in [1.29, 1.82) is 0 Å². The fourth-order valence-corrected chi connectivity index (χ4v) is 1.53. The number of hydrogen-bond acceptors (Lipinski definition) is 2. The van der Waals surface area contributed by atoms with Gasteiger partial charge < -0.3 is 10.1 Å². The van der Waals surface area contributed by atoms with Crippen molar-refractivity contribution in [2.75, 3.05) is 0 Å². The van der Waals surface area contributed by atoms with Gasteiger partial charge in [-0.3, -0.25) is 9.78 Å². The fraction of sp³-hybridized carbons (Fsp3) is 0.0909. The number of aromatic amines is 1. The van der Waals surface area contributed by atoms with Crippen molar-refractivity contribution < 1.29 is 9.90 Å². The molecule has 4 heteroatoms. The smallest absolute Gasteiger partial charge is 0.317 e. The summed E-state index contributed by atoms with van der Waals surface area (Å²) in [7, 11) is 0. The zero-order valence-electron chi connectivity index (χ0n) is 7.92. The van der Waals surface area contributed by atoms with Crippen LogP contribution >= 0.6 is 0 Å². The van der Waals surface area contributed by atoms with Crippen LogP contribution in [-0.4, -0.2) is 21.0 Å². The highest BCUT2D eigenvalue weighted by atomic mass is 16.4. The van der Waals surface area contributed by atoms with Crippen LogP contribution in [0.3, 0.4) is 0 Å². The molecular formula is C11H10N2O2. The third-order valence-corrected chi connectivity index (χ3v) is 2.22. The fourth-order valence-electron chi connectivity index (χ4n) is 1.53. The molecule has 76 valence electrons. The standard InChI is InChI=1S/C11H10N2O2/c14-11(15)10(9-2-1-5-13-9)8-3-6-12-7-4-8/h1-7,10,13H,(H,14,15). The monoisotopic (exact) mass is 202 g/mol. The maximum atomic E-state index is 11.2. The van der Waals surface area contributed by atoms with Gasteiger partial charge in [0.2, 0.25) is 0 Å². The lowest BCUT2D eigenvalue weighted by atomic mass is 9.97. The molecule has 0 fully saturated rings. The first-order valence-corrected chi connectivity index (χ1v) is 4.55. The van der Waals surface area contributed by atoms with E-state index < -0.39 is 11.9 Å². The van der Waals surface area contributed by atoms with E-state index >= 15 is 0 Å². The summed E-state index contributed by atoms with van der Waals surface area (Å²) in [6, 6.07) is 6.96. The maximum absolute atomic E-state index is 11.2. The molecule has 0 saturated heterocycles. The first-order valence-electron chi connectivity index (χ1n) is 4.55. The molecule has 0 aliphatic heterocycles. The maximum Gasteiger partial charge on any atom is 0.317 e. The van der Waals surface area contributed by atoms with Crippen LogP contribution < -0.4 is 0 Å². The molecule has 0 spiro atoms. The van der Waals surface area contributed by atoms with Crippen molar-refractivity contribution in [3.05, 3.63) is 54.1 Å². The third kappa shape index (κ3) is 1.88. The number of aromatic nitrogens is 2. The second-order valence-electron chi connectivity index (χ2n) is 3.18. The molecule has 1 atom stereocenters. The van der Waals surface area contributed by atoms with Gasteiger partial charge in [-0.25, -0.2) is 0 Å². The zero-order chi connectivity index (χ0) is 10.7.